The summed E-state index contributed by atoms with van der Waals surface area (Å²) in [6.07, 6.45) is 11.0. The van der Waals surface area contributed by atoms with Crippen molar-refractivity contribution in [3.63, 3.8) is 0 Å². The van der Waals surface area contributed by atoms with Gasteiger partial charge < -0.3 is 14.5 Å². The monoisotopic (exact) mass is 668 g/mol. The Morgan fingerprint density at radius 3 is 2.81 bits per heavy atom. The zero-order valence-corrected chi connectivity index (χ0v) is 27.4. The summed E-state index contributed by atoms with van der Waals surface area (Å²) < 4.78 is 27.1. The molecule has 11 heteroatoms. The molecule has 0 spiro atoms. The van der Waals surface area contributed by atoms with Gasteiger partial charge in [0.05, 0.1) is 28.9 Å². The number of anilines is 2. The molecule has 4 aromatic heterocycles. The first-order valence-electron chi connectivity index (χ1n) is 16.1. The summed E-state index contributed by atoms with van der Waals surface area (Å²) in [6.45, 7) is 4.29. The average molecular weight is 669 g/mol. The fourth-order valence-electron chi connectivity index (χ4n) is 6.73. The van der Waals surface area contributed by atoms with Crippen molar-refractivity contribution in [3.05, 3.63) is 107 Å². The highest BCUT2D eigenvalue weighted by molar-refractivity contribution is 7.22. The topological polar surface area (TPSA) is 81.2 Å². The number of hydrogen-bond donors (Lipinski definition) is 1. The minimum absolute atomic E-state index is 0.225. The normalized spacial score (nSPS) is 15.1. The number of ether oxygens (including phenoxy) is 1. The number of thiophene rings is 1. The van der Waals surface area contributed by atoms with Gasteiger partial charge in [-0.15, -0.1) is 11.3 Å². The molecular weight excluding hydrogens is 635 g/mol. The third-order valence-corrected chi connectivity index (χ3v) is 10.7. The van der Waals surface area contributed by atoms with Crippen molar-refractivity contribution in [3.8, 4) is 16.2 Å². The van der Waals surface area contributed by atoms with Gasteiger partial charge in [-0.2, -0.15) is 5.10 Å². The van der Waals surface area contributed by atoms with E-state index in [1.54, 1.807) is 30.0 Å². The molecule has 1 aliphatic heterocycles. The molecule has 2 aromatic carbocycles. The smallest absolute Gasteiger partial charge is 0.142 e. The molecule has 240 valence electrons. The fourth-order valence-corrected chi connectivity index (χ4v) is 8.18. The molecule has 47 heavy (non-hydrogen) atoms. The van der Waals surface area contributed by atoms with Crippen LogP contribution in [0.25, 0.3) is 20.7 Å². The first-order chi connectivity index (χ1) is 23.1. The maximum absolute atomic E-state index is 13.5. The fraction of sp³-hybridized carbons (Fsp3) is 0.306. The third kappa shape index (κ3) is 6.50. The number of rotatable bonds is 10. The molecule has 1 aliphatic carbocycles. The molecule has 0 radical (unpaired) electrons. The second-order valence-corrected chi connectivity index (χ2v) is 13.7. The summed E-state index contributed by atoms with van der Waals surface area (Å²) in [5.41, 5.74) is 5.19. The molecule has 2 aliphatic rings. The zero-order valence-electron chi connectivity index (χ0n) is 25.8. The maximum atomic E-state index is 13.5. The number of furan rings is 1. The summed E-state index contributed by atoms with van der Waals surface area (Å²) >= 11 is 8.30. The molecule has 0 amide bonds. The first-order valence-corrected chi connectivity index (χ1v) is 17.3. The van der Waals surface area contributed by atoms with Gasteiger partial charge in [-0.05, 0) is 105 Å². The van der Waals surface area contributed by atoms with E-state index < -0.39 is 0 Å². The highest BCUT2D eigenvalue weighted by Gasteiger charge is 2.27. The number of piperidine rings is 1. The van der Waals surface area contributed by atoms with Gasteiger partial charge in [0.25, 0.3) is 0 Å². The first kappa shape index (κ1) is 30.1. The Balaban J connectivity index is 0.939. The van der Waals surface area contributed by atoms with E-state index in [1.807, 2.05) is 30.3 Å². The summed E-state index contributed by atoms with van der Waals surface area (Å²) in [5.74, 6) is 2.76. The average Bonchev–Trinajstić information content (AvgIpc) is 3.83. The number of halogens is 2. The van der Waals surface area contributed by atoms with E-state index in [0.29, 0.717) is 10.8 Å². The standard InChI is InChI=1S/C36H34ClFN6O2S/c37-30-18-26(6-9-32(30)46-21-24-3-1-4-25(38)17-24)41-35-33-28-7-8-31-29(34(28)47-36(33)40-22-39-35)20-44(42-31)15-12-23-10-13-43(14-11-23)19-27-5-2-16-45-27/h1-6,9,16-18,20,22-23H,7-8,10-15,19,21H2,(H,39,40,41). The van der Waals surface area contributed by atoms with Crippen LogP contribution >= 0.6 is 22.9 Å². The summed E-state index contributed by atoms with van der Waals surface area (Å²) in [5, 5.41) is 10.00. The zero-order chi connectivity index (χ0) is 31.7. The Labute approximate surface area is 281 Å². The largest absolute Gasteiger partial charge is 0.487 e. The van der Waals surface area contributed by atoms with Gasteiger partial charge in [-0.1, -0.05) is 23.7 Å². The summed E-state index contributed by atoms with van der Waals surface area (Å²) in [4.78, 5) is 14.0. The minimum atomic E-state index is -0.293. The number of nitrogens with zero attached hydrogens (tertiary/aromatic N) is 5. The van der Waals surface area contributed by atoms with Crippen LogP contribution in [-0.4, -0.2) is 37.7 Å². The van der Waals surface area contributed by atoms with E-state index in [0.717, 1.165) is 84.4 Å². The van der Waals surface area contributed by atoms with E-state index in [4.69, 9.17) is 25.9 Å². The summed E-state index contributed by atoms with van der Waals surface area (Å²) in [6, 6.07) is 15.9. The van der Waals surface area contributed by atoms with Crippen LogP contribution < -0.4 is 10.1 Å². The van der Waals surface area contributed by atoms with Crippen molar-refractivity contribution < 1.29 is 13.5 Å². The lowest BCUT2D eigenvalue weighted by Crippen LogP contribution is -2.33. The predicted molar refractivity (Wildman–Crippen MR) is 183 cm³/mol. The van der Waals surface area contributed by atoms with Crippen LogP contribution in [0.5, 0.6) is 5.75 Å². The van der Waals surface area contributed by atoms with Gasteiger partial charge in [0.15, 0.2) is 0 Å². The molecule has 8 nitrogen and oxygen atoms in total. The van der Waals surface area contributed by atoms with Crippen molar-refractivity contribution in [1.82, 2.24) is 24.6 Å². The Bertz CT molecular complexity index is 2020. The van der Waals surface area contributed by atoms with Gasteiger partial charge in [-0.3, -0.25) is 9.58 Å². The van der Waals surface area contributed by atoms with E-state index >= 15 is 0 Å². The SMILES string of the molecule is Fc1cccc(COc2ccc(Nc3ncnc4sc5c(c34)CCc3nn(CCC4CCN(Cc6ccco6)CC4)cc3-5)cc2Cl)c1. The van der Waals surface area contributed by atoms with E-state index in [9.17, 15) is 4.39 Å². The van der Waals surface area contributed by atoms with Gasteiger partial charge in [0.1, 0.15) is 40.9 Å². The van der Waals surface area contributed by atoms with Crippen LogP contribution in [0, 0.1) is 11.7 Å². The molecule has 0 bridgehead atoms. The van der Waals surface area contributed by atoms with Crippen molar-refractivity contribution in [2.24, 2.45) is 5.92 Å². The van der Waals surface area contributed by atoms with Crippen LogP contribution in [0.15, 0.2) is 77.8 Å². The lowest BCUT2D eigenvalue weighted by molar-refractivity contribution is 0.159. The van der Waals surface area contributed by atoms with Gasteiger partial charge in [-0.25, -0.2) is 14.4 Å². The quantitative estimate of drug-likeness (QED) is 0.156. The van der Waals surface area contributed by atoms with Crippen molar-refractivity contribution >= 4 is 44.7 Å². The number of hydrogen-bond acceptors (Lipinski definition) is 8. The van der Waals surface area contributed by atoms with Crippen LogP contribution in [-0.2, 0) is 32.5 Å². The molecule has 0 unspecified atom stereocenters. The van der Waals surface area contributed by atoms with Gasteiger partial charge >= 0.3 is 0 Å². The molecular formula is C36H34ClFN6O2S. The highest BCUT2D eigenvalue weighted by Crippen LogP contribution is 2.45. The number of likely N-dealkylation sites (tertiary alicyclic amines) is 1. The van der Waals surface area contributed by atoms with Gasteiger partial charge in [0.2, 0.25) is 0 Å². The number of aromatic nitrogens is 4. The maximum Gasteiger partial charge on any atom is 0.142 e. The number of fused-ring (bicyclic) bond motifs is 5. The van der Waals surface area contributed by atoms with Crippen LogP contribution in [0.2, 0.25) is 5.02 Å². The van der Waals surface area contributed by atoms with Crippen LogP contribution in [0.4, 0.5) is 15.9 Å². The number of aryl methyl sites for hydroxylation is 3. The lowest BCUT2D eigenvalue weighted by atomic mass is 9.93. The number of nitrogens with one attached hydrogen (secondary N) is 1. The Morgan fingerprint density at radius 1 is 1.06 bits per heavy atom. The molecule has 6 aromatic rings. The van der Waals surface area contributed by atoms with Crippen molar-refractivity contribution in [2.75, 3.05) is 18.4 Å². The molecule has 5 heterocycles. The van der Waals surface area contributed by atoms with Crippen LogP contribution in [0.1, 0.15) is 41.8 Å². The Kier molecular flexibility index (Phi) is 8.39. The summed E-state index contributed by atoms with van der Waals surface area (Å²) in [7, 11) is 0. The van der Waals surface area contributed by atoms with E-state index in [1.165, 1.54) is 46.7 Å². The minimum Gasteiger partial charge on any atom is -0.487 e. The molecule has 0 saturated carbocycles. The predicted octanol–water partition coefficient (Wildman–Crippen LogP) is 8.66. The molecule has 0 atom stereocenters. The molecule has 1 fully saturated rings. The van der Waals surface area contributed by atoms with Crippen molar-refractivity contribution in [2.45, 2.75) is 51.8 Å². The number of benzene rings is 2. The molecule has 1 N–H and O–H groups in total. The van der Waals surface area contributed by atoms with Crippen molar-refractivity contribution in [1.29, 1.82) is 0 Å². The van der Waals surface area contributed by atoms with E-state index in [-0.39, 0.29) is 12.4 Å². The van der Waals surface area contributed by atoms with Gasteiger partial charge in [0, 0.05) is 28.9 Å². The van der Waals surface area contributed by atoms with E-state index in [2.05, 4.69) is 37.1 Å². The molecule has 8 rings (SSSR count). The van der Waals surface area contributed by atoms with Crippen LogP contribution in [0.3, 0.4) is 0 Å². The Hall–Kier alpha value is -4.25. The highest BCUT2D eigenvalue weighted by atomic mass is 35.5. The lowest BCUT2D eigenvalue weighted by Gasteiger charge is -2.31. The third-order valence-electron chi connectivity index (χ3n) is 9.19. The Morgan fingerprint density at radius 2 is 1.98 bits per heavy atom. The second kappa shape index (κ2) is 13.1. The second-order valence-electron chi connectivity index (χ2n) is 12.3. The molecule has 1 saturated heterocycles.